The lowest BCUT2D eigenvalue weighted by atomic mass is 9.98. The first-order valence-corrected chi connectivity index (χ1v) is 8.09. The molecule has 0 bridgehead atoms. The predicted molar refractivity (Wildman–Crippen MR) is 78.9 cm³/mol. The third-order valence-electron chi connectivity index (χ3n) is 5.19. The molecule has 0 amide bonds. The third-order valence-corrected chi connectivity index (χ3v) is 5.19. The van der Waals surface area contributed by atoms with Crippen molar-refractivity contribution in [3.05, 3.63) is 0 Å². The number of hydrogen-bond acceptors (Lipinski definition) is 3. The molecular formula is C16H29N3. The van der Waals surface area contributed by atoms with Crippen LogP contribution in [0.5, 0.6) is 0 Å². The minimum atomic E-state index is -0.252. The van der Waals surface area contributed by atoms with Crippen LogP contribution >= 0.6 is 0 Å². The molecule has 0 aromatic rings. The minimum absolute atomic E-state index is 0.252. The number of hydrogen-bond donors (Lipinski definition) is 1. The van der Waals surface area contributed by atoms with E-state index >= 15 is 0 Å². The highest BCUT2D eigenvalue weighted by Crippen LogP contribution is 2.34. The molecule has 0 spiro atoms. The Morgan fingerprint density at radius 3 is 2.42 bits per heavy atom. The average Bonchev–Trinajstić information content (AvgIpc) is 2.67. The maximum Gasteiger partial charge on any atom is 0.108 e. The van der Waals surface area contributed by atoms with Gasteiger partial charge < -0.3 is 4.90 Å². The Morgan fingerprint density at radius 2 is 1.84 bits per heavy atom. The van der Waals surface area contributed by atoms with E-state index in [0.29, 0.717) is 6.04 Å². The summed E-state index contributed by atoms with van der Waals surface area (Å²) in [5.41, 5.74) is -0.252. The molecule has 2 rings (SSSR count). The van der Waals surface area contributed by atoms with Gasteiger partial charge in [0.05, 0.1) is 6.07 Å². The highest BCUT2D eigenvalue weighted by Gasteiger charge is 2.41. The molecule has 0 aromatic carbocycles. The molecule has 2 fully saturated rings. The third kappa shape index (κ3) is 3.49. The van der Waals surface area contributed by atoms with E-state index < -0.39 is 0 Å². The van der Waals surface area contributed by atoms with Gasteiger partial charge in [0.1, 0.15) is 5.54 Å². The summed E-state index contributed by atoms with van der Waals surface area (Å²) in [5, 5.41) is 12.9. The van der Waals surface area contributed by atoms with E-state index in [2.05, 4.69) is 30.3 Å². The molecule has 2 aliphatic rings. The van der Waals surface area contributed by atoms with Gasteiger partial charge in [0.25, 0.3) is 0 Å². The Labute approximate surface area is 118 Å². The van der Waals surface area contributed by atoms with Crippen LogP contribution in [0.2, 0.25) is 0 Å². The Hall–Kier alpha value is -0.590. The normalized spacial score (nSPS) is 33.3. The van der Waals surface area contributed by atoms with Crippen molar-refractivity contribution in [3.8, 4) is 6.07 Å². The summed E-state index contributed by atoms with van der Waals surface area (Å²) in [6, 6.07) is 3.89. The second-order valence-corrected chi connectivity index (χ2v) is 6.43. The predicted octanol–water partition coefficient (Wildman–Crippen LogP) is 3.07. The molecule has 0 radical (unpaired) electrons. The quantitative estimate of drug-likeness (QED) is 0.792. The Morgan fingerprint density at radius 1 is 1.16 bits per heavy atom. The summed E-state index contributed by atoms with van der Waals surface area (Å²) in [4.78, 5) is 2.60. The maximum atomic E-state index is 9.47. The van der Waals surface area contributed by atoms with Crippen molar-refractivity contribution in [2.24, 2.45) is 0 Å². The summed E-state index contributed by atoms with van der Waals surface area (Å²) in [5.74, 6) is 0. The van der Waals surface area contributed by atoms with E-state index in [1.165, 1.54) is 44.9 Å². The molecule has 19 heavy (non-hydrogen) atoms. The largest absolute Gasteiger partial charge is 0.300 e. The van der Waals surface area contributed by atoms with Crippen molar-refractivity contribution < 1.29 is 0 Å². The molecule has 0 saturated heterocycles. The lowest BCUT2D eigenvalue weighted by Crippen LogP contribution is -2.45. The molecule has 108 valence electrons. The van der Waals surface area contributed by atoms with Gasteiger partial charge in [-0.1, -0.05) is 32.6 Å². The topological polar surface area (TPSA) is 39.1 Å². The summed E-state index contributed by atoms with van der Waals surface area (Å²) in [6.07, 6.45) is 11.5. The molecule has 0 aromatic heterocycles. The second kappa shape index (κ2) is 6.72. The van der Waals surface area contributed by atoms with Gasteiger partial charge in [-0.2, -0.15) is 5.26 Å². The van der Waals surface area contributed by atoms with Crippen LogP contribution in [-0.2, 0) is 0 Å². The summed E-state index contributed by atoms with van der Waals surface area (Å²) < 4.78 is 0. The lowest BCUT2D eigenvalue weighted by molar-refractivity contribution is 0.155. The van der Waals surface area contributed by atoms with E-state index in [-0.39, 0.29) is 5.54 Å². The summed E-state index contributed by atoms with van der Waals surface area (Å²) >= 11 is 0. The molecule has 3 nitrogen and oxygen atoms in total. The molecule has 0 heterocycles. The standard InChI is InChI=1S/C16H29N3/c1-3-18-16(13-17)11-10-15(12-16)19(2)14-8-6-4-5-7-9-14/h14-15,18H,3-12H2,1-2H3. The molecule has 2 saturated carbocycles. The highest BCUT2D eigenvalue weighted by atomic mass is 15.2. The fourth-order valence-electron chi connectivity index (χ4n) is 3.97. The van der Waals surface area contributed by atoms with E-state index in [9.17, 15) is 5.26 Å². The van der Waals surface area contributed by atoms with Gasteiger partial charge in [-0.05, 0) is 45.7 Å². The average molecular weight is 263 g/mol. The van der Waals surface area contributed by atoms with Crippen molar-refractivity contribution in [2.45, 2.75) is 82.3 Å². The molecule has 3 heteroatoms. The van der Waals surface area contributed by atoms with Gasteiger partial charge >= 0.3 is 0 Å². The first-order chi connectivity index (χ1) is 9.21. The monoisotopic (exact) mass is 263 g/mol. The van der Waals surface area contributed by atoms with E-state index in [1.54, 1.807) is 0 Å². The van der Waals surface area contributed by atoms with Crippen LogP contribution in [0.25, 0.3) is 0 Å². The Balaban J connectivity index is 1.93. The number of nitriles is 1. The van der Waals surface area contributed by atoms with Crippen LogP contribution in [0.15, 0.2) is 0 Å². The zero-order chi connectivity index (χ0) is 13.7. The van der Waals surface area contributed by atoms with Gasteiger partial charge in [-0.3, -0.25) is 5.32 Å². The van der Waals surface area contributed by atoms with Gasteiger partial charge in [-0.25, -0.2) is 0 Å². The lowest BCUT2D eigenvalue weighted by Gasteiger charge is -2.33. The summed E-state index contributed by atoms with van der Waals surface area (Å²) in [6.45, 7) is 2.99. The fraction of sp³-hybridized carbons (Fsp3) is 0.938. The molecule has 0 aliphatic heterocycles. The van der Waals surface area contributed by atoms with Crippen LogP contribution in [-0.4, -0.2) is 36.1 Å². The van der Waals surface area contributed by atoms with Crippen LogP contribution in [0.3, 0.4) is 0 Å². The van der Waals surface area contributed by atoms with Crippen molar-refractivity contribution in [1.82, 2.24) is 10.2 Å². The molecule has 2 aliphatic carbocycles. The van der Waals surface area contributed by atoms with E-state index in [0.717, 1.165) is 25.4 Å². The minimum Gasteiger partial charge on any atom is -0.300 e. The van der Waals surface area contributed by atoms with E-state index in [1.807, 2.05) is 0 Å². The number of nitrogens with zero attached hydrogens (tertiary/aromatic N) is 2. The smallest absolute Gasteiger partial charge is 0.108 e. The highest BCUT2D eigenvalue weighted by molar-refractivity contribution is 5.13. The maximum absolute atomic E-state index is 9.47. The summed E-state index contributed by atoms with van der Waals surface area (Å²) in [7, 11) is 2.29. The zero-order valence-corrected chi connectivity index (χ0v) is 12.6. The van der Waals surface area contributed by atoms with Crippen LogP contribution in [0.4, 0.5) is 0 Å². The van der Waals surface area contributed by atoms with Crippen molar-refractivity contribution in [3.63, 3.8) is 0 Å². The van der Waals surface area contributed by atoms with Crippen LogP contribution in [0, 0.1) is 11.3 Å². The molecule has 2 unspecified atom stereocenters. The van der Waals surface area contributed by atoms with Gasteiger partial charge in [0, 0.05) is 12.1 Å². The number of rotatable bonds is 4. The van der Waals surface area contributed by atoms with Crippen molar-refractivity contribution in [1.29, 1.82) is 5.26 Å². The van der Waals surface area contributed by atoms with Crippen molar-refractivity contribution in [2.75, 3.05) is 13.6 Å². The van der Waals surface area contributed by atoms with Crippen LogP contribution in [0.1, 0.15) is 64.7 Å². The molecule has 2 atom stereocenters. The van der Waals surface area contributed by atoms with Gasteiger partial charge in [0.15, 0.2) is 0 Å². The second-order valence-electron chi connectivity index (χ2n) is 6.43. The molecule has 1 N–H and O–H groups in total. The Bertz CT molecular complexity index is 314. The SMILES string of the molecule is CCNC1(C#N)CCC(N(C)C2CCCCCC2)C1. The molecular weight excluding hydrogens is 234 g/mol. The van der Waals surface area contributed by atoms with Gasteiger partial charge in [0.2, 0.25) is 0 Å². The first kappa shape index (κ1) is 14.8. The Kier molecular flexibility index (Phi) is 5.24. The fourth-order valence-corrected chi connectivity index (χ4v) is 3.97. The number of nitrogens with one attached hydrogen (secondary N) is 1. The van der Waals surface area contributed by atoms with Crippen molar-refractivity contribution >= 4 is 0 Å². The van der Waals surface area contributed by atoms with Crippen LogP contribution < -0.4 is 5.32 Å². The zero-order valence-electron chi connectivity index (χ0n) is 12.6. The first-order valence-electron chi connectivity index (χ1n) is 8.09. The van der Waals surface area contributed by atoms with Gasteiger partial charge in [-0.15, -0.1) is 0 Å². The van der Waals surface area contributed by atoms with E-state index in [4.69, 9.17) is 0 Å².